The summed E-state index contributed by atoms with van der Waals surface area (Å²) in [5.74, 6) is -0.626. The second-order valence-corrected chi connectivity index (χ2v) is 6.76. The summed E-state index contributed by atoms with van der Waals surface area (Å²) in [5.41, 5.74) is 1.20. The van der Waals surface area contributed by atoms with Gasteiger partial charge in [-0.05, 0) is 24.8 Å². The van der Waals surface area contributed by atoms with E-state index in [4.69, 9.17) is 0 Å². The van der Waals surface area contributed by atoms with Gasteiger partial charge in [0.25, 0.3) is 0 Å². The molecule has 5 heteroatoms. The molecule has 134 valence electrons. The molecule has 0 bridgehead atoms. The molecule has 1 aromatic carbocycles. The Morgan fingerprint density at radius 1 is 0.800 bits per heavy atom. The summed E-state index contributed by atoms with van der Waals surface area (Å²) in [6, 6.07) is 10.2. The maximum atomic E-state index is 12.4. The standard InChI is InChI=1S/C20H27N3O2/c24-19(22-12-5-2-6-13-22)20(25)23-16-14-21(15-17-23)11-7-10-18-8-3-1-4-9-18/h1,3-4,7-10H,2,5-6,11-17H2/b10-7+. The van der Waals surface area contributed by atoms with Gasteiger partial charge in [0.2, 0.25) is 0 Å². The van der Waals surface area contributed by atoms with Crippen LogP contribution in [0.3, 0.4) is 0 Å². The van der Waals surface area contributed by atoms with E-state index in [9.17, 15) is 9.59 Å². The molecule has 2 saturated heterocycles. The van der Waals surface area contributed by atoms with Crippen molar-refractivity contribution in [1.29, 1.82) is 0 Å². The fraction of sp³-hybridized carbons (Fsp3) is 0.500. The lowest BCUT2D eigenvalue weighted by Crippen LogP contribution is -2.53. The Bertz CT molecular complexity index is 601. The van der Waals surface area contributed by atoms with Crippen LogP contribution in [0.5, 0.6) is 0 Å². The topological polar surface area (TPSA) is 43.9 Å². The molecule has 0 unspecified atom stereocenters. The number of carbonyl (C=O) groups excluding carboxylic acids is 2. The first-order valence-corrected chi connectivity index (χ1v) is 9.26. The normalized spacial score (nSPS) is 19.4. The molecular weight excluding hydrogens is 314 g/mol. The van der Waals surface area contributed by atoms with E-state index in [-0.39, 0.29) is 11.8 Å². The number of hydrogen-bond donors (Lipinski definition) is 0. The Morgan fingerprint density at radius 2 is 1.40 bits per heavy atom. The summed E-state index contributed by atoms with van der Waals surface area (Å²) in [6.07, 6.45) is 7.47. The van der Waals surface area contributed by atoms with Crippen LogP contribution in [0, 0.1) is 0 Å². The van der Waals surface area contributed by atoms with Crippen molar-refractivity contribution in [2.45, 2.75) is 19.3 Å². The van der Waals surface area contributed by atoms with Gasteiger partial charge in [-0.2, -0.15) is 0 Å². The smallest absolute Gasteiger partial charge is 0.312 e. The average Bonchev–Trinajstić information content (AvgIpc) is 2.69. The minimum Gasteiger partial charge on any atom is -0.334 e. The summed E-state index contributed by atoms with van der Waals surface area (Å²) in [7, 11) is 0. The highest BCUT2D eigenvalue weighted by Gasteiger charge is 2.29. The van der Waals surface area contributed by atoms with Gasteiger partial charge in [-0.3, -0.25) is 14.5 Å². The predicted molar refractivity (Wildman–Crippen MR) is 98.9 cm³/mol. The van der Waals surface area contributed by atoms with E-state index in [0.717, 1.165) is 52.0 Å². The Hall–Kier alpha value is -2.14. The highest BCUT2D eigenvalue weighted by molar-refractivity contribution is 6.34. The van der Waals surface area contributed by atoms with Crippen LogP contribution in [0.4, 0.5) is 0 Å². The lowest BCUT2D eigenvalue weighted by Gasteiger charge is -2.35. The molecule has 2 fully saturated rings. The molecule has 2 aliphatic rings. The maximum absolute atomic E-state index is 12.4. The average molecular weight is 341 g/mol. The quantitative estimate of drug-likeness (QED) is 0.788. The van der Waals surface area contributed by atoms with Gasteiger partial charge in [0.1, 0.15) is 0 Å². The summed E-state index contributed by atoms with van der Waals surface area (Å²) in [6.45, 7) is 5.24. The fourth-order valence-corrected chi connectivity index (χ4v) is 3.40. The molecule has 0 aliphatic carbocycles. The van der Waals surface area contributed by atoms with Crippen LogP contribution in [0.15, 0.2) is 36.4 Å². The first kappa shape index (κ1) is 17.7. The molecule has 25 heavy (non-hydrogen) atoms. The zero-order valence-corrected chi connectivity index (χ0v) is 14.8. The van der Waals surface area contributed by atoms with E-state index < -0.39 is 0 Å². The van der Waals surface area contributed by atoms with Gasteiger partial charge in [0.05, 0.1) is 0 Å². The fourth-order valence-electron chi connectivity index (χ4n) is 3.40. The second kappa shape index (κ2) is 8.81. The van der Waals surface area contributed by atoms with Crippen LogP contribution in [-0.2, 0) is 9.59 Å². The van der Waals surface area contributed by atoms with E-state index in [2.05, 4.69) is 29.2 Å². The monoisotopic (exact) mass is 341 g/mol. The van der Waals surface area contributed by atoms with E-state index in [1.54, 1.807) is 9.80 Å². The van der Waals surface area contributed by atoms with Gasteiger partial charge in [-0.1, -0.05) is 42.5 Å². The van der Waals surface area contributed by atoms with E-state index in [1.807, 2.05) is 18.2 Å². The number of benzene rings is 1. The van der Waals surface area contributed by atoms with Crippen molar-refractivity contribution < 1.29 is 9.59 Å². The Labute approximate surface area is 149 Å². The van der Waals surface area contributed by atoms with E-state index in [0.29, 0.717) is 13.1 Å². The number of likely N-dealkylation sites (tertiary alicyclic amines) is 1. The van der Waals surface area contributed by atoms with Gasteiger partial charge < -0.3 is 9.80 Å². The number of piperidine rings is 1. The van der Waals surface area contributed by atoms with Crippen molar-refractivity contribution in [1.82, 2.24) is 14.7 Å². The van der Waals surface area contributed by atoms with Gasteiger partial charge in [0.15, 0.2) is 0 Å². The maximum Gasteiger partial charge on any atom is 0.312 e. The third-order valence-electron chi connectivity index (χ3n) is 4.96. The van der Waals surface area contributed by atoms with Crippen molar-refractivity contribution >= 4 is 17.9 Å². The first-order valence-electron chi connectivity index (χ1n) is 9.26. The Kier molecular flexibility index (Phi) is 6.23. The number of rotatable bonds is 3. The lowest BCUT2D eigenvalue weighted by molar-refractivity contribution is -0.153. The molecule has 0 spiro atoms. The molecule has 2 heterocycles. The Balaban J connectivity index is 1.42. The largest absolute Gasteiger partial charge is 0.334 e. The third kappa shape index (κ3) is 4.92. The van der Waals surface area contributed by atoms with Crippen molar-refractivity contribution in [3.8, 4) is 0 Å². The molecule has 0 saturated carbocycles. The number of amides is 2. The minimum atomic E-state index is -0.318. The van der Waals surface area contributed by atoms with Crippen molar-refractivity contribution in [2.75, 3.05) is 45.8 Å². The van der Waals surface area contributed by atoms with Gasteiger partial charge in [0, 0.05) is 45.8 Å². The summed E-state index contributed by atoms with van der Waals surface area (Å²) >= 11 is 0. The predicted octanol–water partition coefficient (Wildman–Crippen LogP) is 1.86. The third-order valence-corrected chi connectivity index (χ3v) is 4.96. The zero-order chi connectivity index (χ0) is 17.5. The van der Waals surface area contributed by atoms with E-state index in [1.165, 1.54) is 5.56 Å². The molecule has 5 nitrogen and oxygen atoms in total. The molecule has 3 rings (SSSR count). The van der Waals surface area contributed by atoms with Gasteiger partial charge in [-0.15, -0.1) is 0 Å². The van der Waals surface area contributed by atoms with Crippen molar-refractivity contribution in [3.63, 3.8) is 0 Å². The zero-order valence-electron chi connectivity index (χ0n) is 14.8. The van der Waals surface area contributed by atoms with Crippen LogP contribution in [0.25, 0.3) is 6.08 Å². The molecule has 0 radical (unpaired) electrons. The molecule has 1 aromatic rings. The number of nitrogens with zero attached hydrogens (tertiary/aromatic N) is 3. The Morgan fingerprint density at radius 3 is 2.04 bits per heavy atom. The molecule has 0 atom stereocenters. The van der Waals surface area contributed by atoms with Crippen LogP contribution in [0.2, 0.25) is 0 Å². The van der Waals surface area contributed by atoms with Crippen LogP contribution >= 0.6 is 0 Å². The lowest BCUT2D eigenvalue weighted by atomic mass is 10.1. The SMILES string of the molecule is O=C(C(=O)N1CCN(C/C=C/c2ccccc2)CC1)N1CCCCC1. The highest BCUT2D eigenvalue weighted by Crippen LogP contribution is 2.11. The number of piperazine rings is 1. The van der Waals surface area contributed by atoms with Crippen LogP contribution < -0.4 is 0 Å². The van der Waals surface area contributed by atoms with Crippen LogP contribution in [0.1, 0.15) is 24.8 Å². The molecule has 0 N–H and O–H groups in total. The number of hydrogen-bond acceptors (Lipinski definition) is 3. The van der Waals surface area contributed by atoms with E-state index >= 15 is 0 Å². The second-order valence-electron chi connectivity index (χ2n) is 6.76. The highest BCUT2D eigenvalue weighted by atomic mass is 16.2. The first-order chi connectivity index (χ1) is 12.2. The molecule has 0 aromatic heterocycles. The summed E-state index contributed by atoms with van der Waals surface area (Å²) in [4.78, 5) is 30.5. The number of carbonyl (C=O) groups is 2. The molecular formula is C20H27N3O2. The van der Waals surface area contributed by atoms with Crippen molar-refractivity contribution in [2.24, 2.45) is 0 Å². The molecule has 2 amide bonds. The molecule has 2 aliphatic heterocycles. The van der Waals surface area contributed by atoms with Crippen molar-refractivity contribution in [3.05, 3.63) is 42.0 Å². The van der Waals surface area contributed by atoms with Gasteiger partial charge >= 0.3 is 11.8 Å². The van der Waals surface area contributed by atoms with Gasteiger partial charge in [-0.25, -0.2) is 0 Å². The summed E-state index contributed by atoms with van der Waals surface area (Å²) in [5, 5.41) is 0. The van der Waals surface area contributed by atoms with Crippen LogP contribution in [-0.4, -0.2) is 72.3 Å². The minimum absolute atomic E-state index is 0.308. The summed E-state index contributed by atoms with van der Waals surface area (Å²) < 4.78 is 0.